The summed E-state index contributed by atoms with van der Waals surface area (Å²) in [5.74, 6) is 0.165. The van der Waals surface area contributed by atoms with E-state index in [0.29, 0.717) is 32.7 Å². The molecular formula is C10H22N2O3S. The zero-order chi connectivity index (χ0) is 12.4. The summed E-state index contributed by atoms with van der Waals surface area (Å²) in [7, 11) is -3.04. The fourth-order valence-electron chi connectivity index (χ4n) is 1.90. The molecule has 0 radical (unpaired) electrons. The Bertz CT molecular complexity index is 313. The van der Waals surface area contributed by atoms with Gasteiger partial charge in [-0.25, -0.2) is 8.42 Å². The van der Waals surface area contributed by atoms with E-state index < -0.39 is 15.6 Å². The molecule has 0 atom stereocenters. The third-order valence-corrected chi connectivity index (χ3v) is 4.58. The summed E-state index contributed by atoms with van der Waals surface area (Å²) >= 11 is 0. The molecule has 1 aliphatic heterocycles. The van der Waals surface area contributed by atoms with Crippen LogP contribution in [0.4, 0.5) is 0 Å². The summed E-state index contributed by atoms with van der Waals surface area (Å²) in [5.41, 5.74) is -0.716. The van der Waals surface area contributed by atoms with E-state index in [0.717, 1.165) is 0 Å². The zero-order valence-corrected chi connectivity index (χ0v) is 11.1. The molecule has 1 heterocycles. The van der Waals surface area contributed by atoms with Gasteiger partial charge in [0, 0.05) is 32.7 Å². The summed E-state index contributed by atoms with van der Waals surface area (Å²) in [4.78, 5) is 2.10. The molecule has 1 aliphatic rings. The molecule has 0 aromatic carbocycles. The normalized spacial score (nSPS) is 21.2. The molecule has 16 heavy (non-hydrogen) atoms. The quantitative estimate of drug-likeness (QED) is 0.746. The van der Waals surface area contributed by atoms with E-state index in [1.165, 1.54) is 4.31 Å². The maximum atomic E-state index is 11.6. The molecule has 0 unspecified atom stereocenters. The minimum atomic E-state index is -3.04. The van der Waals surface area contributed by atoms with E-state index in [2.05, 4.69) is 4.90 Å². The second-order valence-corrected chi connectivity index (χ2v) is 7.15. The van der Waals surface area contributed by atoms with Gasteiger partial charge in [0.1, 0.15) is 0 Å². The van der Waals surface area contributed by atoms with Crippen molar-refractivity contribution in [2.75, 3.05) is 38.5 Å². The van der Waals surface area contributed by atoms with E-state index in [-0.39, 0.29) is 5.75 Å². The molecule has 0 spiro atoms. The Balaban J connectivity index is 2.46. The van der Waals surface area contributed by atoms with Crippen LogP contribution >= 0.6 is 0 Å². The lowest BCUT2D eigenvalue weighted by molar-refractivity contribution is 0.0263. The van der Waals surface area contributed by atoms with Crippen molar-refractivity contribution in [1.82, 2.24) is 9.21 Å². The zero-order valence-electron chi connectivity index (χ0n) is 10.3. The molecule has 0 amide bonds. The van der Waals surface area contributed by atoms with Gasteiger partial charge >= 0.3 is 0 Å². The van der Waals surface area contributed by atoms with Crippen molar-refractivity contribution in [2.24, 2.45) is 0 Å². The van der Waals surface area contributed by atoms with Gasteiger partial charge < -0.3 is 5.11 Å². The van der Waals surface area contributed by atoms with Crippen LogP contribution in [0.5, 0.6) is 0 Å². The van der Waals surface area contributed by atoms with Crippen LogP contribution in [0.25, 0.3) is 0 Å². The fourth-order valence-corrected chi connectivity index (χ4v) is 2.98. The second-order valence-electron chi connectivity index (χ2n) is 4.89. The molecule has 1 fully saturated rings. The topological polar surface area (TPSA) is 60.9 Å². The molecule has 96 valence electrons. The molecular weight excluding hydrogens is 228 g/mol. The third kappa shape index (κ3) is 4.01. The van der Waals surface area contributed by atoms with Gasteiger partial charge in [0.05, 0.1) is 11.4 Å². The van der Waals surface area contributed by atoms with E-state index >= 15 is 0 Å². The largest absolute Gasteiger partial charge is 0.389 e. The van der Waals surface area contributed by atoms with Crippen molar-refractivity contribution in [3.63, 3.8) is 0 Å². The van der Waals surface area contributed by atoms with Gasteiger partial charge in [0.25, 0.3) is 0 Å². The minimum Gasteiger partial charge on any atom is -0.389 e. The van der Waals surface area contributed by atoms with Gasteiger partial charge in [0.15, 0.2) is 0 Å². The number of nitrogens with zero attached hydrogens (tertiary/aromatic N) is 2. The SMILES string of the molecule is CCS(=O)(=O)N1CCN(CC(C)(C)O)CC1. The Morgan fingerprint density at radius 2 is 1.69 bits per heavy atom. The highest BCUT2D eigenvalue weighted by atomic mass is 32.2. The smallest absolute Gasteiger partial charge is 0.213 e. The highest BCUT2D eigenvalue weighted by Crippen LogP contribution is 2.11. The average molecular weight is 250 g/mol. The molecule has 0 bridgehead atoms. The lowest BCUT2D eigenvalue weighted by Gasteiger charge is -2.36. The first-order chi connectivity index (χ1) is 7.24. The number of rotatable bonds is 4. The first-order valence-corrected chi connectivity index (χ1v) is 7.28. The molecule has 0 aromatic rings. The molecule has 0 saturated carbocycles. The fraction of sp³-hybridized carbons (Fsp3) is 1.00. The first kappa shape index (κ1) is 13.9. The van der Waals surface area contributed by atoms with Crippen LogP contribution in [0.1, 0.15) is 20.8 Å². The molecule has 5 nitrogen and oxygen atoms in total. The number of hydrogen-bond donors (Lipinski definition) is 1. The Kier molecular flexibility index (Phi) is 4.34. The van der Waals surface area contributed by atoms with Crippen molar-refractivity contribution in [3.8, 4) is 0 Å². The maximum absolute atomic E-state index is 11.6. The highest BCUT2D eigenvalue weighted by Gasteiger charge is 2.27. The summed E-state index contributed by atoms with van der Waals surface area (Å²) in [6, 6.07) is 0. The average Bonchev–Trinajstić information content (AvgIpc) is 2.16. The number of β-amino-alcohol motifs (C(OH)–C–C–N with tert-alkyl or cyclic N) is 1. The Morgan fingerprint density at radius 1 is 1.19 bits per heavy atom. The Morgan fingerprint density at radius 3 is 2.06 bits per heavy atom. The Hall–Kier alpha value is -0.170. The highest BCUT2D eigenvalue weighted by molar-refractivity contribution is 7.89. The maximum Gasteiger partial charge on any atom is 0.213 e. The molecule has 0 aliphatic carbocycles. The van der Waals surface area contributed by atoms with E-state index in [1.54, 1.807) is 20.8 Å². The van der Waals surface area contributed by atoms with Crippen LogP contribution in [-0.4, -0.2) is 66.8 Å². The van der Waals surface area contributed by atoms with Gasteiger partial charge in [-0.3, -0.25) is 4.90 Å². The van der Waals surface area contributed by atoms with Crippen molar-refractivity contribution < 1.29 is 13.5 Å². The monoisotopic (exact) mass is 250 g/mol. The number of piperazine rings is 1. The van der Waals surface area contributed by atoms with Crippen LogP contribution in [0.15, 0.2) is 0 Å². The second kappa shape index (κ2) is 5.00. The standard InChI is InChI=1S/C10H22N2O3S/c1-4-16(14,15)12-7-5-11(6-8-12)9-10(2,3)13/h13H,4-9H2,1-3H3. The van der Waals surface area contributed by atoms with Crippen molar-refractivity contribution in [2.45, 2.75) is 26.4 Å². The van der Waals surface area contributed by atoms with E-state index in [1.807, 2.05) is 0 Å². The van der Waals surface area contributed by atoms with E-state index in [9.17, 15) is 13.5 Å². The lowest BCUT2D eigenvalue weighted by atomic mass is 10.1. The van der Waals surface area contributed by atoms with Crippen molar-refractivity contribution in [1.29, 1.82) is 0 Å². The van der Waals surface area contributed by atoms with Gasteiger partial charge in [-0.05, 0) is 20.8 Å². The van der Waals surface area contributed by atoms with Crippen LogP contribution in [0, 0.1) is 0 Å². The summed E-state index contributed by atoms with van der Waals surface area (Å²) in [6.45, 7) is 8.25. The minimum absolute atomic E-state index is 0.165. The Labute approximate surface area is 98.1 Å². The van der Waals surface area contributed by atoms with Crippen LogP contribution < -0.4 is 0 Å². The number of aliphatic hydroxyl groups is 1. The molecule has 0 aromatic heterocycles. The predicted octanol–water partition coefficient (Wildman–Crippen LogP) is -0.275. The molecule has 1 rings (SSSR count). The molecule has 1 N–H and O–H groups in total. The molecule has 6 heteroatoms. The van der Waals surface area contributed by atoms with Gasteiger partial charge in [-0.1, -0.05) is 0 Å². The lowest BCUT2D eigenvalue weighted by Crippen LogP contribution is -2.52. The van der Waals surface area contributed by atoms with Gasteiger partial charge in [-0.15, -0.1) is 0 Å². The number of sulfonamides is 1. The molecule has 1 saturated heterocycles. The first-order valence-electron chi connectivity index (χ1n) is 5.67. The van der Waals surface area contributed by atoms with Crippen LogP contribution in [-0.2, 0) is 10.0 Å². The van der Waals surface area contributed by atoms with Crippen LogP contribution in [0.3, 0.4) is 0 Å². The summed E-state index contributed by atoms with van der Waals surface area (Å²) in [6.07, 6.45) is 0. The summed E-state index contributed by atoms with van der Waals surface area (Å²) < 4.78 is 24.7. The van der Waals surface area contributed by atoms with Gasteiger partial charge in [0.2, 0.25) is 10.0 Å². The van der Waals surface area contributed by atoms with Crippen molar-refractivity contribution in [3.05, 3.63) is 0 Å². The van der Waals surface area contributed by atoms with Gasteiger partial charge in [-0.2, -0.15) is 4.31 Å². The van der Waals surface area contributed by atoms with Crippen molar-refractivity contribution >= 4 is 10.0 Å². The number of hydrogen-bond acceptors (Lipinski definition) is 4. The third-order valence-electron chi connectivity index (χ3n) is 2.70. The predicted molar refractivity (Wildman–Crippen MR) is 63.8 cm³/mol. The van der Waals surface area contributed by atoms with Crippen LogP contribution in [0.2, 0.25) is 0 Å². The van der Waals surface area contributed by atoms with E-state index in [4.69, 9.17) is 0 Å². The summed E-state index contributed by atoms with van der Waals surface area (Å²) in [5, 5.41) is 9.67.